The second kappa shape index (κ2) is 7.18. The summed E-state index contributed by atoms with van der Waals surface area (Å²) in [4.78, 5) is 0. The summed E-state index contributed by atoms with van der Waals surface area (Å²) in [5.41, 5.74) is 8.04. The Labute approximate surface area is 121 Å². The minimum absolute atomic E-state index is 0.409. The van der Waals surface area contributed by atoms with Crippen molar-refractivity contribution in [1.82, 2.24) is 16.2 Å². The van der Waals surface area contributed by atoms with Crippen LogP contribution in [0.2, 0.25) is 0 Å². The van der Waals surface area contributed by atoms with Crippen molar-refractivity contribution in [2.75, 3.05) is 26.2 Å². The molecule has 0 radical (unpaired) electrons. The summed E-state index contributed by atoms with van der Waals surface area (Å²) in [6, 6.07) is 11.1. The zero-order chi connectivity index (χ0) is 13.6. The number of rotatable bonds is 6. The van der Waals surface area contributed by atoms with Crippen LogP contribution in [-0.4, -0.2) is 32.3 Å². The van der Waals surface area contributed by atoms with Gasteiger partial charge in [0.1, 0.15) is 0 Å². The second-order valence-electron chi connectivity index (χ2n) is 5.80. The summed E-state index contributed by atoms with van der Waals surface area (Å²) in [5, 5.41) is 3.59. The first-order valence-electron chi connectivity index (χ1n) is 7.79. The number of hydrogen-bond donors (Lipinski definition) is 3. The maximum Gasteiger partial charge on any atom is 0.0588 e. The lowest BCUT2D eigenvalue weighted by molar-refractivity contribution is 0.104. The first-order valence-corrected chi connectivity index (χ1v) is 7.79. The van der Waals surface area contributed by atoms with E-state index in [4.69, 9.17) is 4.74 Å². The zero-order valence-electron chi connectivity index (χ0n) is 12.0. The van der Waals surface area contributed by atoms with E-state index in [-0.39, 0.29) is 0 Å². The molecule has 0 saturated carbocycles. The number of hydrogen-bond acceptors (Lipinski definition) is 4. The van der Waals surface area contributed by atoms with Crippen molar-refractivity contribution in [3.05, 3.63) is 35.9 Å². The average molecular weight is 275 g/mol. The fourth-order valence-corrected chi connectivity index (χ4v) is 3.16. The van der Waals surface area contributed by atoms with Gasteiger partial charge in [-0.3, -0.25) is 5.43 Å². The van der Waals surface area contributed by atoms with Gasteiger partial charge in [-0.1, -0.05) is 30.3 Å². The van der Waals surface area contributed by atoms with E-state index in [1.54, 1.807) is 0 Å². The number of hydrazine groups is 1. The Hall–Kier alpha value is -0.940. The minimum atomic E-state index is 0.409. The lowest BCUT2D eigenvalue weighted by atomic mass is 9.95. The molecule has 3 unspecified atom stereocenters. The van der Waals surface area contributed by atoms with Crippen LogP contribution in [0.3, 0.4) is 0 Å². The van der Waals surface area contributed by atoms with Gasteiger partial charge in [-0.2, -0.15) is 0 Å². The van der Waals surface area contributed by atoms with Crippen molar-refractivity contribution < 1.29 is 4.74 Å². The molecule has 0 bridgehead atoms. The summed E-state index contributed by atoms with van der Waals surface area (Å²) < 4.78 is 5.65. The molecule has 4 nitrogen and oxygen atoms in total. The molecule has 110 valence electrons. The maximum absolute atomic E-state index is 5.65. The average Bonchev–Trinajstić information content (AvgIpc) is 3.16. The monoisotopic (exact) mass is 275 g/mol. The van der Waals surface area contributed by atoms with E-state index in [9.17, 15) is 0 Å². The standard InChI is InChI=1S/C16H25N3O/c1-2-5-13(6-3-1)16-14(12-18-19-16)11-17-9-8-15-7-4-10-20-15/h1-3,5-6,14-19H,4,7-12H2. The van der Waals surface area contributed by atoms with Gasteiger partial charge in [-0.05, 0) is 31.4 Å². The third-order valence-electron chi connectivity index (χ3n) is 4.33. The molecule has 1 aromatic rings. The van der Waals surface area contributed by atoms with Gasteiger partial charge in [-0.25, -0.2) is 5.43 Å². The molecular formula is C16H25N3O. The molecule has 2 aliphatic rings. The first-order chi connectivity index (χ1) is 9.93. The van der Waals surface area contributed by atoms with E-state index in [0.717, 1.165) is 32.7 Å². The largest absolute Gasteiger partial charge is 0.378 e. The molecule has 0 spiro atoms. The van der Waals surface area contributed by atoms with Crippen LogP contribution < -0.4 is 16.2 Å². The van der Waals surface area contributed by atoms with Crippen molar-refractivity contribution in [3.8, 4) is 0 Å². The predicted octanol–water partition coefficient (Wildman–Crippen LogP) is 1.61. The topological polar surface area (TPSA) is 45.3 Å². The van der Waals surface area contributed by atoms with Gasteiger partial charge in [0.2, 0.25) is 0 Å². The molecule has 2 aliphatic heterocycles. The fourth-order valence-electron chi connectivity index (χ4n) is 3.16. The van der Waals surface area contributed by atoms with Gasteiger partial charge in [-0.15, -0.1) is 0 Å². The van der Waals surface area contributed by atoms with Crippen molar-refractivity contribution in [2.24, 2.45) is 5.92 Å². The molecule has 0 aliphatic carbocycles. The highest BCUT2D eigenvalue weighted by atomic mass is 16.5. The van der Waals surface area contributed by atoms with Crippen LogP contribution >= 0.6 is 0 Å². The van der Waals surface area contributed by atoms with E-state index < -0.39 is 0 Å². The van der Waals surface area contributed by atoms with Crippen LogP contribution in [0.15, 0.2) is 30.3 Å². The SMILES string of the molecule is c1ccc(C2NNCC2CNCCC2CCCO2)cc1. The van der Waals surface area contributed by atoms with E-state index in [2.05, 4.69) is 46.5 Å². The molecule has 0 aromatic heterocycles. The summed E-state index contributed by atoms with van der Waals surface area (Å²) in [6.07, 6.45) is 4.11. The Bertz CT molecular complexity index is 392. The lowest BCUT2D eigenvalue weighted by Gasteiger charge is -2.19. The first kappa shape index (κ1) is 14.0. The molecular weight excluding hydrogens is 250 g/mol. The van der Waals surface area contributed by atoms with Gasteiger partial charge in [0, 0.05) is 25.6 Å². The Morgan fingerprint density at radius 2 is 2.15 bits per heavy atom. The number of nitrogens with one attached hydrogen (secondary N) is 3. The third-order valence-corrected chi connectivity index (χ3v) is 4.33. The van der Waals surface area contributed by atoms with Crippen LogP contribution in [0.1, 0.15) is 30.9 Å². The lowest BCUT2D eigenvalue weighted by Crippen LogP contribution is -2.30. The molecule has 2 saturated heterocycles. The van der Waals surface area contributed by atoms with E-state index in [1.807, 2.05) is 0 Å². The molecule has 4 heteroatoms. The summed E-state index contributed by atoms with van der Waals surface area (Å²) in [7, 11) is 0. The molecule has 1 aromatic carbocycles. The normalized spacial score (nSPS) is 29.9. The minimum Gasteiger partial charge on any atom is -0.378 e. The Kier molecular flexibility index (Phi) is 5.03. The van der Waals surface area contributed by atoms with E-state index in [1.165, 1.54) is 18.4 Å². The van der Waals surface area contributed by atoms with Crippen LogP contribution in [-0.2, 0) is 4.74 Å². The highest BCUT2D eigenvalue weighted by molar-refractivity contribution is 5.20. The molecule has 20 heavy (non-hydrogen) atoms. The zero-order valence-corrected chi connectivity index (χ0v) is 12.0. The Balaban J connectivity index is 1.42. The van der Waals surface area contributed by atoms with Crippen molar-refractivity contribution >= 4 is 0 Å². The fraction of sp³-hybridized carbons (Fsp3) is 0.625. The molecule has 3 N–H and O–H groups in total. The highest BCUT2D eigenvalue weighted by Crippen LogP contribution is 2.24. The molecule has 0 amide bonds. The van der Waals surface area contributed by atoms with Crippen molar-refractivity contribution in [1.29, 1.82) is 0 Å². The second-order valence-corrected chi connectivity index (χ2v) is 5.80. The molecule has 2 heterocycles. The van der Waals surface area contributed by atoms with Gasteiger partial charge < -0.3 is 10.1 Å². The van der Waals surface area contributed by atoms with Crippen molar-refractivity contribution in [3.63, 3.8) is 0 Å². The summed E-state index contributed by atoms with van der Waals surface area (Å²) in [6.45, 7) is 4.08. The molecule has 3 rings (SSSR count). The van der Waals surface area contributed by atoms with E-state index in [0.29, 0.717) is 18.1 Å². The molecule has 2 fully saturated rings. The Morgan fingerprint density at radius 3 is 2.95 bits per heavy atom. The number of ether oxygens (including phenoxy) is 1. The van der Waals surface area contributed by atoms with Crippen LogP contribution in [0, 0.1) is 5.92 Å². The van der Waals surface area contributed by atoms with Crippen LogP contribution in [0.5, 0.6) is 0 Å². The van der Waals surface area contributed by atoms with E-state index >= 15 is 0 Å². The van der Waals surface area contributed by atoms with Crippen LogP contribution in [0.25, 0.3) is 0 Å². The van der Waals surface area contributed by atoms with Crippen molar-refractivity contribution in [2.45, 2.75) is 31.4 Å². The summed E-state index contributed by atoms with van der Waals surface area (Å²) in [5.74, 6) is 0.599. The van der Waals surface area contributed by atoms with Gasteiger partial charge >= 0.3 is 0 Å². The Morgan fingerprint density at radius 1 is 1.25 bits per heavy atom. The van der Waals surface area contributed by atoms with Gasteiger partial charge in [0.25, 0.3) is 0 Å². The highest BCUT2D eigenvalue weighted by Gasteiger charge is 2.27. The predicted molar refractivity (Wildman–Crippen MR) is 80.3 cm³/mol. The van der Waals surface area contributed by atoms with Gasteiger partial charge in [0.05, 0.1) is 12.1 Å². The smallest absolute Gasteiger partial charge is 0.0588 e. The maximum atomic E-state index is 5.65. The number of benzene rings is 1. The third kappa shape index (κ3) is 3.58. The molecule has 3 atom stereocenters. The van der Waals surface area contributed by atoms with Gasteiger partial charge in [0.15, 0.2) is 0 Å². The van der Waals surface area contributed by atoms with Crippen LogP contribution in [0.4, 0.5) is 0 Å². The quantitative estimate of drug-likeness (QED) is 0.690. The summed E-state index contributed by atoms with van der Waals surface area (Å²) >= 11 is 0.